The van der Waals surface area contributed by atoms with Gasteiger partial charge in [0.25, 0.3) is 5.91 Å². The summed E-state index contributed by atoms with van der Waals surface area (Å²) in [5.41, 5.74) is 7.52. The SMILES string of the molecule is CCOc1cc(/C=N\NC(=O)COc2c(C)cccc2C)ccc1OCc1cccc(C)c1. The Balaban J connectivity index is 1.57. The summed E-state index contributed by atoms with van der Waals surface area (Å²) >= 11 is 0. The highest BCUT2D eigenvalue weighted by Crippen LogP contribution is 2.29. The van der Waals surface area contributed by atoms with E-state index in [0.717, 1.165) is 28.0 Å². The zero-order valence-electron chi connectivity index (χ0n) is 19.6. The van der Waals surface area contributed by atoms with Crippen LogP contribution in [-0.2, 0) is 11.4 Å². The van der Waals surface area contributed by atoms with Crippen molar-refractivity contribution in [2.75, 3.05) is 13.2 Å². The predicted octanol–water partition coefficient (Wildman–Crippen LogP) is 5.12. The van der Waals surface area contributed by atoms with Crippen LogP contribution in [-0.4, -0.2) is 25.3 Å². The minimum atomic E-state index is -0.336. The lowest BCUT2D eigenvalue weighted by molar-refractivity contribution is -0.123. The second-order valence-corrected chi connectivity index (χ2v) is 7.72. The molecular formula is C27H30N2O4. The van der Waals surface area contributed by atoms with E-state index < -0.39 is 0 Å². The normalized spacial score (nSPS) is 10.8. The summed E-state index contributed by atoms with van der Waals surface area (Å²) in [5, 5.41) is 4.03. The van der Waals surface area contributed by atoms with Gasteiger partial charge in [0, 0.05) is 0 Å². The molecule has 0 saturated carbocycles. The number of nitrogens with zero attached hydrogens (tertiary/aromatic N) is 1. The van der Waals surface area contributed by atoms with E-state index in [9.17, 15) is 4.79 Å². The first-order chi connectivity index (χ1) is 16.0. The van der Waals surface area contributed by atoms with Gasteiger partial charge in [-0.2, -0.15) is 5.10 Å². The molecule has 1 N–H and O–H groups in total. The molecule has 172 valence electrons. The van der Waals surface area contributed by atoms with Gasteiger partial charge in [-0.05, 0) is 68.1 Å². The lowest BCUT2D eigenvalue weighted by Crippen LogP contribution is -2.25. The van der Waals surface area contributed by atoms with E-state index in [2.05, 4.69) is 29.6 Å². The third-order valence-electron chi connectivity index (χ3n) is 4.90. The summed E-state index contributed by atoms with van der Waals surface area (Å²) in [5.74, 6) is 1.66. The molecule has 33 heavy (non-hydrogen) atoms. The van der Waals surface area contributed by atoms with E-state index in [4.69, 9.17) is 14.2 Å². The number of rotatable bonds is 10. The number of benzene rings is 3. The van der Waals surface area contributed by atoms with Gasteiger partial charge in [-0.3, -0.25) is 4.79 Å². The van der Waals surface area contributed by atoms with Crippen LogP contribution in [0.4, 0.5) is 0 Å². The van der Waals surface area contributed by atoms with Crippen LogP contribution in [0.1, 0.15) is 34.7 Å². The van der Waals surface area contributed by atoms with Gasteiger partial charge < -0.3 is 14.2 Å². The van der Waals surface area contributed by atoms with Crippen LogP contribution in [0.3, 0.4) is 0 Å². The predicted molar refractivity (Wildman–Crippen MR) is 130 cm³/mol. The van der Waals surface area contributed by atoms with Crippen LogP contribution in [0.5, 0.6) is 17.2 Å². The zero-order valence-corrected chi connectivity index (χ0v) is 19.6. The fraction of sp³-hybridized carbons (Fsp3) is 0.259. The zero-order chi connectivity index (χ0) is 23.6. The van der Waals surface area contributed by atoms with Gasteiger partial charge in [0.1, 0.15) is 12.4 Å². The third kappa shape index (κ3) is 7.10. The third-order valence-corrected chi connectivity index (χ3v) is 4.90. The van der Waals surface area contributed by atoms with Gasteiger partial charge in [-0.25, -0.2) is 5.43 Å². The number of ether oxygens (including phenoxy) is 3. The highest BCUT2D eigenvalue weighted by atomic mass is 16.5. The molecule has 0 aliphatic heterocycles. The fourth-order valence-electron chi connectivity index (χ4n) is 3.33. The fourth-order valence-corrected chi connectivity index (χ4v) is 3.33. The Hall–Kier alpha value is -3.80. The maximum Gasteiger partial charge on any atom is 0.277 e. The van der Waals surface area contributed by atoms with Crippen molar-refractivity contribution in [3.8, 4) is 17.2 Å². The Bertz CT molecular complexity index is 1100. The number of aryl methyl sites for hydroxylation is 3. The summed E-state index contributed by atoms with van der Waals surface area (Å²) < 4.78 is 17.3. The Morgan fingerprint density at radius 3 is 2.39 bits per heavy atom. The summed E-state index contributed by atoms with van der Waals surface area (Å²) in [6, 6.07) is 19.6. The van der Waals surface area contributed by atoms with Gasteiger partial charge in [-0.1, -0.05) is 48.0 Å². The summed E-state index contributed by atoms with van der Waals surface area (Å²) in [4.78, 5) is 12.1. The van der Waals surface area contributed by atoms with Crippen LogP contribution in [0.2, 0.25) is 0 Å². The van der Waals surface area contributed by atoms with Crippen LogP contribution in [0.25, 0.3) is 0 Å². The number of nitrogens with one attached hydrogen (secondary N) is 1. The smallest absolute Gasteiger partial charge is 0.277 e. The maximum atomic E-state index is 12.1. The molecule has 6 nitrogen and oxygen atoms in total. The average molecular weight is 447 g/mol. The molecule has 0 radical (unpaired) electrons. The molecule has 0 aromatic heterocycles. The number of hydrazone groups is 1. The van der Waals surface area contributed by atoms with E-state index in [0.29, 0.717) is 24.7 Å². The minimum absolute atomic E-state index is 0.112. The lowest BCUT2D eigenvalue weighted by atomic mass is 10.1. The number of hydrogen-bond donors (Lipinski definition) is 1. The summed E-state index contributed by atoms with van der Waals surface area (Å²) in [6.45, 7) is 8.71. The van der Waals surface area contributed by atoms with E-state index in [1.807, 2.05) is 69.3 Å². The first kappa shape index (κ1) is 23.9. The van der Waals surface area contributed by atoms with Gasteiger partial charge in [0.15, 0.2) is 18.1 Å². The number of hydrogen-bond acceptors (Lipinski definition) is 5. The quantitative estimate of drug-likeness (QED) is 0.347. The van der Waals surface area contributed by atoms with Crippen molar-refractivity contribution < 1.29 is 19.0 Å². The second kappa shape index (κ2) is 11.7. The monoisotopic (exact) mass is 446 g/mol. The van der Waals surface area contributed by atoms with Crippen LogP contribution < -0.4 is 19.6 Å². The molecule has 0 aliphatic rings. The number of carbonyl (C=O) groups excluding carboxylic acids is 1. The highest BCUT2D eigenvalue weighted by molar-refractivity contribution is 5.83. The molecule has 3 aromatic rings. The molecule has 0 saturated heterocycles. The minimum Gasteiger partial charge on any atom is -0.490 e. The van der Waals surface area contributed by atoms with Crippen molar-refractivity contribution >= 4 is 12.1 Å². The molecule has 0 atom stereocenters. The van der Waals surface area contributed by atoms with Gasteiger partial charge in [0.2, 0.25) is 0 Å². The molecule has 6 heteroatoms. The van der Waals surface area contributed by atoms with Crippen LogP contribution >= 0.6 is 0 Å². The molecule has 1 amide bonds. The molecule has 0 heterocycles. The Morgan fingerprint density at radius 2 is 1.67 bits per heavy atom. The second-order valence-electron chi connectivity index (χ2n) is 7.72. The molecule has 0 aliphatic carbocycles. The molecule has 3 rings (SSSR count). The van der Waals surface area contributed by atoms with Crippen molar-refractivity contribution in [3.05, 3.63) is 88.5 Å². The van der Waals surface area contributed by atoms with Crippen molar-refractivity contribution in [2.45, 2.75) is 34.3 Å². The van der Waals surface area contributed by atoms with Crippen molar-refractivity contribution in [1.82, 2.24) is 5.43 Å². The molecule has 0 spiro atoms. The Kier molecular flexibility index (Phi) is 8.47. The standard InChI is InChI=1S/C27H30N2O4/c1-5-31-25-15-22(12-13-24(25)32-17-23-11-6-8-19(2)14-23)16-28-29-26(30)18-33-27-20(3)9-7-10-21(27)4/h6-16H,5,17-18H2,1-4H3,(H,29,30)/b28-16-. The van der Waals surface area contributed by atoms with Gasteiger partial charge in [-0.15, -0.1) is 0 Å². The number of carbonyl (C=O) groups is 1. The first-order valence-corrected chi connectivity index (χ1v) is 10.9. The first-order valence-electron chi connectivity index (χ1n) is 10.9. The van der Waals surface area contributed by atoms with E-state index in [1.165, 1.54) is 5.56 Å². The van der Waals surface area contributed by atoms with Gasteiger partial charge >= 0.3 is 0 Å². The van der Waals surface area contributed by atoms with Crippen molar-refractivity contribution in [3.63, 3.8) is 0 Å². The van der Waals surface area contributed by atoms with Crippen LogP contribution in [0.15, 0.2) is 65.8 Å². The highest BCUT2D eigenvalue weighted by Gasteiger charge is 2.08. The molecule has 3 aromatic carbocycles. The Labute approximate surface area is 195 Å². The number of amides is 1. The molecular weight excluding hydrogens is 416 g/mol. The number of para-hydroxylation sites is 1. The van der Waals surface area contributed by atoms with Crippen molar-refractivity contribution in [1.29, 1.82) is 0 Å². The van der Waals surface area contributed by atoms with E-state index in [-0.39, 0.29) is 12.5 Å². The summed E-state index contributed by atoms with van der Waals surface area (Å²) in [6.07, 6.45) is 1.56. The maximum absolute atomic E-state index is 12.1. The molecule has 0 bridgehead atoms. The topological polar surface area (TPSA) is 69.2 Å². The largest absolute Gasteiger partial charge is 0.490 e. The van der Waals surface area contributed by atoms with Crippen molar-refractivity contribution in [2.24, 2.45) is 5.10 Å². The van der Waals surface area contributed by atoms with E-state index in [1.54, 1.807) is 6.21 Å². The summed E-state index contributed by atoms with van der Waals surface area (Å²) in [7, 11) is 0. The Morgan fingerprint density at radius 1 is 0.909 bits per heavy atom. The molecule has 0 unspecified atom stereocenters. The van der Waals surface area contributed by atoms with E-state index >= 15 is 0 Å². The van der Waals surface area contributed by atoms with Crippen LogP contribution in [0, 0.1) is 20.8 Å². The average Bonchev–Trinajstić information content (AvgIpc) is 2.78. The molecule has 0 fully saturated rings. The van der Waals surface area contributed by atoms with Gasteiger partial charge in [0.05, 0.1) is 12.8 Å². The lowest BCUT2D eigenvalue weighted by Gasteiger charge is -2.13.